The molecule has 1 saturated carbocycles. The van der Waals surface area contributed by atoms with Gasteiger partial charge in [0.25, 0.3) is 5.91 Å². The molecule has 25 heavy (non-hydrogen) atoms. The molecule has 1 aromatic carbocycles. The van der Waals surface area contributed by atoms with Crippen LogP contribution in [0.1, 0.15) is 30.3 Å². The number of amides is 1. The van der Waals surface area contributed by atoms with Crippen LogP contribution in [0, 0.1) is 17.6 Å². The fraction of sp³-hybridized carbons (Fsp3) is 0.353. The van der Waals surface area contributed by atoms with E-state index < -0.39 is 35.0 Å². The van der Waals surface area contributed by atoms with Crippen molar-refractivity contribution in [3.05, 3.63) is 41.8 Å². The lowest BCUT2D eigenvalue weighted by atomic mass is 10.1. The van der Waals surface area contributed by atoms with E-state index in [9.17, 15) is 18.4 Å². The number of carboxylic acids is 1. The summed E-state index contributed by atoms with van der Waals surface area (Å²) in [4.78, 5) is 29.0. The lowest BCUT2D eigenvalue weighted by Crippen LogP contribution is -2.38. The summed E-state index contributed by atoms with van der Waals surface area (Å²) in [5.74, 6) is -4.28. The molecule has 1 N–H and O–H groups in total. The van der Waals surface area contributed by atoms with Gasteiger partial charge in [0, 0.05) is 12.6 Å². The third-order valence-corrected chi connectivity index (χ3v) is 4.04. The van der Waals surface area contributed by atoms with E-state index in [1.165, 1.54) is 17.9 Å². The van der Waals surface area contributed by atoms with Crippen LogP contribution in [0.15, 0.2) is 28.9 Å². The smallest absolute Gasteiger partial charge is 0.308 e. The number of carbonyl (C=O) groups excluding carboxylic acids is 1. The summed E-state index contributed by atoms with van der Waals surface area (Å²) in [7, 11) is 0. The van der Waals surface area contributed by atoms with E-state index in [2.05, 4.69) is 4.98 Å². The summed E-state index contributed by atoms with van der Waals surface area (Å²) in [5, 5.41) is 9.04. The maximum atomic E-state index is 13.8. The summed E-state index contributed by atoms with van der Waals surface area (Å²) in [5.41, 5.74) is -0.555. The van der Waals surface area contributed by atoms with E-state index >= 15 is 0 Å². The zero-order chi connectivity index (χ0) is 18.1. The van der Waals surface area contributed by atoms with Gasteiger partial charge in [0.2, 0.25) is 5.89 Å². The fourth-order valence-corrected chi connectivity index (χ4v) is 2.49. The van der Waals surface area contributed by atoms with Crippen LogP contribution >= 0.6 is 0 Å². The molecule has 0 aliphatic heterocycles. The monoisotopic (exact) mass is 350 g/mol. The predicted octanol–water partition coefficient (Wildman–Crippen LogP) is 2.95. The van der Waals surface area contributed by atoms with Gasteiger partial charge in [-0.2, -0.15) is 0 Å². The number of carboxylic acid groups (broad SMARTS) is 1. The van der Waals surface area contributed by atoms with Crippen LogP contribution in [0.25, 0.3) is 11.5 Å². The van der Waals surface area contributed by atoms with Crippen molar-refractivity contribution >= 4 is 11.9 Å². The van der Waals surface area contributed by atoms with Gasteiger partial charge in [-0.25, -0.2) is 13.8 Å². The highest BCUT2D eigenvalue weighted by molar-refractivity contribution is 5.93. The third kappa shape index (κ3) is 3.52. The first-order chi connectivity index (χ1) is 11.9. The Morgan fingerprint density at radius 1 is 1.36 bits per heavy atom. The molecule has 1 aliphatic carbocycles. The Labute approximate surface area is 142 Å². The summed E-state index contributed by atoms with van der Waals surface area (Å²) < 4.78 is 32.7. The maximum absolute atomic E-state index is 13.8. The molecule has 1 amide bonds. The summed E-state index contributed by atoms with van der Waals surface area (Å²) in [6, 6.07) is 3.30. The van der Waals surface area contributed by atoms with E-state index in [0.717, 1.165) is 31.2 Å². The second-order valence-electron chi connectivity index (χ2n) is 6.06. The normalized spacial score (nSPS) is 15.0. The Kier molecular flexibility index (Phi) is 4.52. The van der Waals surface area contributed by atoms with Crippen molar-refractivity contribution in [3.8, 4) is 11.5 Å². The van der Waals surface area contributed by atoms with Crippen molar-refractivity contribution in [3.63, 3.8) is 0 Å². The Morgan fingerprint density at radius 2 is 2.00 bits per heavy atom. The van der Waals surface area contributed by atoms with Crippen molar-refractivity contribution in [1.82, 2.24) is 9.88 Å². The van der Waals surface area contributed by atoms with Gasteiger partial charge in [-0.1, -0.05) is 13.0 Å². The minimum Gasteiger partial charge on any atom is -0.481 e. The quantitative estimate of drug-likeness (QED) is 0.866. The molecule has 3 rings (SSSR count). The molecular formula is C17H16F2N2O4. The van der Waals surface area contributed by atoms with Gasteiger partial charge in [-0.05, 0) is 25.0 Å². The number of aliphatic carboxylic acids is 1. The molecule has 6 nitrogen and oxygen atoms in total. The fourth-order valence-electron chi connectivity index (χ4n) is 2.49. The van der Waals surface area contributed by atoms with Gasteiger partial charge in [0.15, 0.2) is 5.69 Å². The molecule has 1 aliphatic rings. The first-order valence-electron chi connectivity index (χ1n) is 7.82. The lowest BCUT2D eigenvalue weighted by Gasteiger charge is -2.23. The number of hydrogen-bond donors (Lipinski definition) is 1. The second kappa shape index (κ2) is 6.62. The van der Waals surface area contributed by atoms with Gasteiger partial charge in [0.1, 0.15) is 23.5 Å². The largest absolute Gasteiger partial charge is 0.481 e. The minimum absolute atomic E-state index is 0.0368. The van der Waals surface area contributed by atoms with Crippen LogP contribution in [-0.4, -0.2) is 39.5 Å². The van der Waals surface area contributed by atoms with Crippen molar-refractivity contribution in [2.75, 3.05) is 6.54 Å². The summed E-state index contributed by atoms with van der Waals surface area (Å²) in [6.07, 6.45) is 2.60. The van der Waals surface area contributed by atoms with Crippen LogP contribution in [0.3, 0.4) is 0 Å². The standard InChI is InChI=1S/C17H16F2N2O4/c1-9(17(23)24)7-21(10-5-6-10)16(22)13-8-25-15(20-13)14-11(18)3-2-4-12(14)19/h2-4,8-10H,5-7H2,1H3,(H,23,24). The number of aromatic nitrogens is 1. The summed E-state index contributed by atoms with van der Waals surface area (Å²) >= 11 is 0. The van der Waals surface area contributed by atoms with E-state index in [-0.39, 0.29) is 24.2 Å². The SMILES string of the molecule is CC(CN(C(=O)c1coc(-c2c(F)cccc2F)n1)C1CC1)C(=O)O. The lowest BCUT2D eigenvalue weighted by molar-refractivity contribution is -0.141. The van der Waals surface area contributed by atoms with E-state index in [1.807, 2.05) is 0 Å². The number of rotatable bonds is 6. The minimum atomic E-state index is -1.01. The zero-order valence-corrected chi connectivity index (χ0v) is 13.4. The average Bonchev–Trinajstić information content (AvgIpc) is 3.29. The van der Waals surface area contributed by atoms with Gasteiger partial charge in [-0.15, -0.1) is 0 Å². The van der Waals surface area contributed by atoms with Gasteiger partial charge >= 0.3 is 5.97 Å². The van der Waals surface area contributed by atoms with Crippen LogP contribution < -0.4 is 0 Å². The molecule has 0 spiro atoms. The Balaban J connectivity index is 1.85. The Bertz CT molecular complexity index is 796. The molecule has 1 aromatic heterocycles. The van der Waals surface area contributed by atoms with Crippen LogP contribution in [0.4, 0.5) is 8.78 Å². The Morgan fingerprint density at radius 3 is 2.56 bits per heavy atom. The third-order valence-electron chi connectivity index (χ3n) is 4.04. The van der Waals surface area contributed by atoms with Crippen molar-refractivity contribution in [1.29, 1.82) is 0 Å². The molecule has 0 bridgehead atoms. The first kappa shape index (κ1) is 17.1. The number of benzene rings is 1. The molecule has 0 saturated heterocycles. The van der Waals surface area contributed by atoms with Gasteiger partial charge in [-0.3, -0.25) is 9.59 Å². The van der Waals surface area contributed by atoms with Crippen molar-refractivity contribution in [2.45, 2.75) is 25.8 Å². The molecule has 1 atom stereocenters. The van der Waals surface area contributed by atoms with Crippen molar-refractivity contribution in [2.24, 2.45) is 5.92 Å². The van der Waals surface area contributed by atoms with Crippen LogP contribution in [0.2, 0.25) is 0 Å². The number of carbonyl (C=O) groups is 2. The average molecular weight is 350 g/mol. The first-order valence-corrected chi connectivity index (χ1v) is 7.82. The number of halogens is 2. The highest BCUT2D eigenvalue weighted by Crippen LogP contribution is 2.30. The molecule has 2 aromatic rings. The topological polar surface area (TPSA) is 83.6 Å². The van der Waals surface area contributed by atoms with Crippen molar-refractivity contribution < 1.29 is 27.9 Å². The molecule has 1 heterocycles. The van der Waals surface area contributed by atoms with Crippen LogP contribution in [-0.2, 0) is 4.79 Å². The highest BCUT2D eigenvalue weighted by atomic mass is 19.1. The molecule has 1 fully saturated rings. The van der Waals surface area contributed by atoms with E-state index in [4.69, 9.17) is 9.52 Å². The number of hydrogen-bond acceptors (Lipinski definition) is 4. The molecule has 132 valence electrons. The molecule has 8 heteroatoms. The Hall–Kier alpha value is -2.77. The zero-order valence-electron chi connectivity index (χ0n) is 13.4. The molecule has 1 unspecified atom stereocenters. The predicted molar refractivity (Wildman–Crippen MR) is 82.7 cm³/mol. The number of oxazole rings is 1. The second-order valence-corrected chi connectivity index (χ2v) is 6.06. The van der Waals surface area contributed by atoms with Gasteiger partial charge < -0.3 is 14.4 Å². The molecular weight excluding hydrogens is 334 g/mol. The maximum Gasteiger partial charge on any atom is 0.308 e. The molecule has 0 radical (unpaired) electrons. The van der Waals surface area contributed by atoms with Crippen LogP contribution in [0.5, 0.6) is 0 Å². The highest BCUT2D eigenvalue weighted by Gasteiger charge is 2.36. The summed E-state index contributed by atoms with van der Waals surface area (Å²) in [6.45, 7) is 1.54. The van der Waals surface area contributed by atoms with E-state index in [1.54, 1.807) is 0 Å². The van der Waals surface area contributed by atoms with E-state index in [0.29, 0.717) is 0 Å². The van der Waals surface area contributed by atoms with Gasteiger partial charge in [0.05, 0.1) is 5.92 Å². The number of nitrogens with zero attached hydrogens (tertiary/aromatic N) is 2.